The number of aliphatic carboxylic acids is 1. The second-order valence-electron chi connectivity index (χ2n) is 6.90. The van der Waals surface area contributed by atoms with Crippen LogP contribution in [0.4, 0.5) is 0 Å². The highest BCUT2D eigenvalue weighted by Crippen LogP contribution is 2.23. The van der Waals surface area contributed by atoms with Crippen molar-refractivity contribution >= 4 is 11.9 Å². The van der Waals surface area contributed by atoms with Crippen LogP contribution in [0.1, 0.15) is 44.1 Å². The lowest BCUT2D eigenvalue weighted by Gasteiger charge is -2.27. The summed E-state index contributed by atoms with van der Waals surface area (Å²) in [5.74, 6) is -1.41. The number of hydrogen-bond acceptors (Lipinski definition) is 3. The third-order valence-corrected chi connectivity index (χ3v) is 5.00. The number of nitrogens with one attached hydrogen (secondary N) is 1. The number of aromatic nitrogens is 2. The maximum atomic E-state index is 12.4. The molecule has 0 spiro atoms. The smallest absolute Gasteiger partial charge is 0.308 e. The molecule has 0 aliphatic heterocycles. The largest absolute Gasteiger partial charge is 0.481 e. The fraction of sp³-hybridized carbons (Fsp3) is 0.450. The van der Waals surface area contributed by atoms with Crippen LogP contribution in [0.3, 0.4) is 0 Å². The molecule has 1 saturated carbocycles. The van der Waals surface area contributed by atoms with E-state index in [2.05, 4.69) is 10.4 Å². The van der Waals surface area contributed by atoms with Crippen LogP contribution >= 0.6 is 0 Å². The Labute approximate surface area is 153 Å². The van der Waals surface area contributed by atoms with Crippen LogP contribution in [-0.4, -0.2) is 32.8 Å². The molecule has 1 aromatic heterocycles. The Hall–Kier alpha value is -2.63. The maximum Gasteiger partial charge on any atom is 0.308 e. The van der Waals surface area contributed by atoms with Gasteiger partial charge < -0.3 is 10.4 Å². The van der Waals surface area contributed by atoms with Gasteiger partial charge >= 0.3 is 5.97 Å². The summed E-state index contributed by atoms with van der Waals surface area (Å²) in [7, 11) is 0. The molecule has 0 radical (unpaired) electrons. The third kappa shape index (κ3) is 4.71. The van der Waals surface area contributed by atoms with E-state index < -0.39 is 11.9 Å². The predicted molar refractivity (Wildman–Crippen MR) is 98.0 cm³/mol. The van der Waals surface area contributed by atoms with E-state index in [1.807, 2.05) is 36.5 Å². The van der Waals surface area contributed by atoms with Gasteiger partial charge in [-0.2, -0.15) is 5.10 Å². The first-order valence-corrected chi connectivity index (χ1v) is 9.24. The Morgan fingerprint density at radius 1 is 1.12 bits per heavy atom. The fourth-order valence-electron chi connectivity index (χ4n) is 3.58. The highest BCUT2D eigenvalue weighted by molar-refractivity contribution is 5.80. The molecule has 0 bridgehead atoms. The third-order valence-electron chi connectivity index (χ3n) is 5.00. The minimum Gasteiger partial charge on any atom is -0.481 e. The monoisotopic (exact) mass is 355 g/mol. The van der Waals surface area contributed by atoms with Gasteiger partial charge in [-0.25, -0.2) is 4.68 Å². The number of hydrogen-bond donors (Lipinski definition) is 2. The quantitative estimate of drug-likeness (QED) is 0.864. The fourth-order valence-corrected chi connectivity index (χ4v) is 3.58. The van der Waals surface area contributed by atoms with Crippen molar-refractivity contribution in [1.29, 1.82) is 0 Å². The summed E-state index contributed by atoms with van der Waals surface area (Å²) in [5, 5.41) is 16.6. The summed E-state index contributed by atoms with van der Waals surface area (Å²) in [4.78, 5) is 24.0. The number of benzene rings is 1. The number of amides is 1. The summed E-state index contributed by atoms with van der Waals surface area (Å²) in [6, 6.07) is 9.24. The normalized spacial score (nSPS) is 20.8. The van der Waals surface area contributed by atoms with Crippen LogP contribution in [0.25, 0.3) is 5.69 Å². The molecular formula is C20H25N3O3. The average Bonchev–Trinajstić information content (AvgIpc) is 3.12. The average molecular weight is 355 g/mol. The van der Waals surface area contributed by atoms with Crippen molar-refractivity contribution in [3.8, 4) is 5.69 Å². The Morgan fingerprint density at radius 2 is 1.85 bits per heavy atom. The van der Waals surface area contributed by atoms with Crippen molar-refractivity contribution in [2.75, 3.05) is 0 Å². The zero-order valence-corrected chi connectivity index (χ0v) is 14.8. The Kier molecular flexibility index (Phi) is 6.04. The van der Waals surface area contributed by atoms with Gasteiger partial charge in [0, 0.05) is 18.4 Å². The van der Waals surface area contributed by atoms with Gasteiger partial charge in [-0.05, 0) is 36.6 Å². The number of rotatable bonds is 5. The Balaban J connectivity index is 1.60. The maximum absolute atomic E-state index is 12.4. The molecule has 1 aromatic carbocycles. The number of carboxylic acids is 1. The second-order valence-corrected chi connectivity index (χ2v) is 6.90. The molecule has 1 fully saturated rings. The molecule has 1 aliphatic rings. The van der Waals surface area contributed by atoms with Crippen LogP contribution in [0.5, 0.6) is 0 Å². The van der Waals surface area contributed by atoms with E-state index >= 15 is 0 Å². The van der Waals surface area contributed by atoms with Crippen LogP contribution in [0.15, 0.2) is 42.7 Å². The van der Waals surface area contributed by atoms with Crippen molar-refractivity contribution in [2.45, 2.75) is 51.0 Å². The van der Waals surface area contributed by atoms with E-state index in [1.165, 1.54) is 0 Å². The van der Waals surface area contributed by atoms with Crippen LogP contribution in [-0.2, 0) is 16.0 Å². The van der Waals surface area contributed by atoms with Gasteiger partial charge in [0.25, 0.3) is 0 Å². The molecule has 26 heavy (non-hydrogen) atoms. The molecule has 2 atom stereocenters. The van der Waals surface area contributed by atoms with Gasteiger partial charge in [-0.15, -0.1) is 0 Å². The van der Waals surface area contributed by atoms with E-state index in [1.54, 1.807) is 10.9 Å². The molecule has 3 rings (SSSR count). The van der Waals surface area contributed by atoms with Crippen molar-refractivity contribution in [1.82, 2.24) is 15.1 Å². The SMILES string of the molecule is O=C(Cc1ccc(-n2cccn2)cc1)NC1CCCCCCC1C(=O)O. The van der Waals surface area contributed by atoms with Crippen molar-refractivity contribution < 1.29 is 14.7 Å². The van der Waals surface area contributed by atoms with E-state index in [0.29, 0.717) is 6.42 Å². The van der Waals surface area contributed by atoms with Gasteiger partial charge in [0.1, 0.15) is 0 Å². The van der Waals surface area contributed by atoms with Gasteiger partial charge in [-0.3, -0.25) is 9.59 Å². The highest BCUT2D eigenvalue weighted by Gasteiger charge is 2.29. The molecule has 2 unspecified atom stereocenters. The Bertz CT molecular complexity index is 725. The first kappa shape index (κ1) is 18.2. The summed E-state index contributed by atoms with van der Waals surface area (Å²) >= 11 is 0. The molecule has 2 N–H and O–H groups in total. The van der Waals surface area contributed by atoms with E-state index in [0.717, 1.165) is 43.4 Å². The molecule has 138 valence electrons. The van der Waals surface area contributed by atoms with E-state index in [4.69, 9.17) is 0 Å². The van der Waals surface area contributed by atoms with E-state index in [-0.39, 0.29) is 18.4 Å². The van der Waals surface area contributed by atoms with Gasteiger partial charge in [0.15, 0.2) is 0 Å². The molecule has 1 heterocycles. The van der Waals surface area contributed by atoms with Crippen LogP contribution < -0.4 is 5.32 Å². The van der Waals surface area contributed by atoms with Crippen molar-refractivity contribution in [2.24, 2.45) is 5.92 Å². The topological polar surface area (TPSA) is 84.2 Å². The Morgan fingerprint density at radius 3 is 2.50 bits per heavy atom. The second kappa shape index (κ2) is 8.65. The first-order chi connectivity index (χ1) is 12.6. The van der Waals surface area contributed by atoms with E-state index in [9.17, 15) is 14.7 Å². The van der Waals surface area contributed by atoms with Crippen LogP contribution in [0.2, 0.25) is 0 Å². The highest BCUT2D eigenvalue weighted by atomic mass is 16.4. The standard InChI is InChI=1S/C20H25N3O3/c24-19(22-18-7-4-2-1-3-6-17(18)20(25)26)14-15-8-10-16(11-9-15)23-13-5-12-21-23/h5,8-13,17-18H,1-4,6-7,14H2,(H,22,24)(H,25,26). The zero-order valence-electron chi connectivity index (χ0n) is 14.8. The zero-order chi connectivity index (χ0) is 18.4. The minimum atomic E-state index is -0.805. The lowest BCUT2D eigenvalue weighted by molar-refractivity contribution is -0.143. The predicted octanol–water partition coefficient (Wildman–Crippen LogP) is 2.95. The molecule has 0 saturated heterocycles. The summed E-state index contributed by atoms with van der Waals surface area (Å²) in [6.45, 7) is 0. The van der Waals surface area contributed by atoms with Crippen LogP contribution in [0, 0.1) is 5.92 Å². The summed E-state index contributed by atoms with van der Waals surface area (Å²) in [5.41, 5.74) is 1.83. The molecule has 1 aliphatic carbocycles. The molecular weight excluding hydrogens is 330 g/mol. The number of nitrogens with zero attached hydrogens (tertiary/aromatic N) is 2. The molecule has 6 heteroatoms. The van der Waals surface area contributed by atoms with Gasteiger partial charge in [-0.1, -0.05) is 37.8 Å². The first-order valence-electron chi connectivity index (χ1n) is 9.24. The van der Waals surface area contributed by atoms with Crippen molar-refractivity contribution in [3.63, 3.8) is 0 Å². The lowest BCUT2D eigenvalue weighted by Crippen LogP contribution is -2.44. The molecule has 1 amide bonds. The summed E-state index contributed by atoms with van der Waals surface area (Å²) < 4.78 is 1.76. The minimum absolute atomic E-state index is 0.117. The number of carbonyl (C=O) groups excluding carboxylic acids is 1. The molecule has 6 nitrogen and oxygen atoms in total. The van der Waals surface area contributed by atoms with Crippen molar-refractivity contribution in [3.05, 3.63) is 48.3 Å². The number of carbonyl (C=O) groups is 2. The van der Waals surface area contributed by atoms with Gasteiger partial charge in [0.05, 0.1) is 18.0 Å². The lowest BCUT2D eigenvalue weighted by atomic mass is 9.86. The molecule has 2 aromatic rings. The number of carboxylic acid groups (broad SMARTS) is 1. The van der Waals surface area contributed by atoms with Gasteiger partial charge in [0.2, 0.25) is 5.91 Å². The summed E-state index contributed by atoms with van der Waals surface area (Å²) in [6.07, 6.45) is 9.27.